The maximum atomic E-state index is 10.1. The van der Waals surface area contributed by atoms with Gasteiger partial charge >= 0.3 is 0 Å². The van der Waals surface area contributed by atoms with Gasteiger partial charge in [-0.05, 0) is 36.0 Å². The van der Waals surface area contributed by atoms with Crippen molar-refractivity contribution in [2.45, 2.75) is 39.2 Å². The molecule has 5 heteroatoms. The van der Waals surface area contributed by atoms with Crippen molar-refractivity contribution >= 4 is 11.6 Å². The summed E-state index contributed by atoms with van der Waals surface area (Å²) >= 11 is 5.92. The zero-order valence-electron chi connectivity index (χ0n) is 12.8. The summed E-state index contributed by atoms with van der Waals surface area (Å²) in [4.78, 5) is 4.04. The standard InChI is InChI=1S/C16H22ClN3O/c1-15(2,3)16(10-21,20-12-18-11-19-20)9-8-13-4-6-14(17)7-5-13/h4-7,11-12,21H,8-10H2,1-3H3. The summed E-state index contributed by atoms with van der Waals surface area (Å²) in [5.41, 5.74) is 0.562. The van der Waals surface area contributed by atoms with Crippen LogP contribution in [0.5, 0.6) is 0 Å². The van der Waals surface area contributed by atoms with Gasteiger partial charge in [0, 0.05) is 5.02 Å². The minimum absolute atomic E-state index is 0.0213. The predicted molar refractivity (Wildman–Crippen MR) is 84.3 cm³/mol. The van der Waals surface area contributed by atoms with Crippen molar-refractivity contribution in [1.29, 1.82) is 0 Å². The summed E-state index contributed by atoms with van der Waals surface area (Å²) in [7, 11) is 0. The highest BCUT2D eigenvalue weighted by Crippen LogP contribution is 2.40. The molecule has 1 atom stereocenters. The van der Waals surface area contributed by atoms with E-state index in [9.17, 15) is 5.11 Å². The summed E-state index contributed by atoms with van der Waals surface area (Å²) in [6.45, 7) is 6.37. The number of aliphatic hydroxyl groups is 1. The van der Waals surface area contributed by atoms with Crippen molar-refractivity contribution in [3.8, 4) is 0 Å². The largest absolute Gasteiger partial charge is 0.394 e. The van der Waals surface area contributed by atoms with Crippen LogP contribution in [-0.4, -0.2) is 26.5 Å². The first-order valence-electron chi connectivity index (χ1n) is 7.09. The van der Waals surface area contributed by atoms with Crippen LogP contribution >= 0.6 is 11.6 Å². The second kappa shape index (κ2) is 6.16. The van der Waals surface area contributed by atoms with Crippen molar-refractivity contribution in [2.75, 3.05) is 6.61 Å². The number of benzene rings is 1. The van der Waals surface area contributed by atoms with Gasteiger partial charge in [-0.1, -0.05) is 44.5 Å². The second-order valence-electron chi connectivity index (χ2n) is 6.41. The van der Waals surface area contributed by atoms with E-state index in [0.29, 0.717) is 0 Å². The van der Waals surface area contributed by atoms with E-state index in [1.165, 1.54) is 11.9 Å². The molecular formula is C16H22ClN3O. The van der Waals surface area contributed by atoms with Crippen LogP contribution in [0.4, 0.5) is 0 Å². The van der Waals surface area contributed by atoms with Gasteiger partial charge < -0.3 is 5.11 Å². The van der Waals surface area contributed by atoms with Crippen molar-refractivity contribution < 1.29 is 5.11 Å². The molecule has 0 fully saturated rings. The highest BCUT2D eigenvalue weighted by molar-refractivity contribution is 6.30. The van der Waals surface area contributed by atoms with E-state index < -0.39 is 5.54 Å². The minimum atomic E-state index is -0.483. The average molecular weight is 308 g/mol. The molecule has 1 aromatic carbocycles. The summed E-state index contributed by atoms with van der Waals surface area (Å²) in [6.07, 6.45) is 4.81. The van der Waals surface area contributed by atoms with Crippen molar-refractivity contribution in [2.24, 2.45) is 5.41 Å². The maximum Gasteiger partial charge on any atom is 0.137 e. The van der Waals surface area contributed by atoms with E-state index in [1.807, 2.05) is 24.3 Å². The third kappa shape index (κ3) is 3.27. The molecule has 21 heavy (non-hydrogen) atoms. The number of aliphatic hydroxyl groups excluding tert-OH is 1. The van der Waals surface area contributed by atoms with Gasteiger partial charge in [0.25, 0.3) is 0 Å². The van der Waals surface area contributed by atoms with E-state index in [2.05, 4.69) is 30.9 Å². The van der Waals surface area contributed by atoms with Crippen LogP contribution in [0.15, 0.2) is 36.9 Å². The molecule has 0 saturated heterocycles. The highest BCUT2D eigenvalue weighted by Gasteiger charge is 2.43. The Balaban J connectivity index is 2.26. The molecule has 0 amide bonds. The van der Waals surface area contributed by atoms with Crippen molar-refractivity contribution in [3.63, 3.8) is 0 Å². The van der Waals surface area contributed by atoms with Gasteiger partial charge in [-0.15, -0.1) is 0 Å². The summed E-state index contributed by atoms with van der Waals surface area (Å²) in [6, 6.07) is 7.83. The number of aromatic nitrogens is 3. The number of hydrogen-bond donors (Lipinski definition) is 1. The zero-order valence-corrected chi connectivity index (χ0v) is 13.5. The fourth-order valence-electron chi connectivity index (χ4n) is 2.65. The Morgan fingerprint density at radius 2 is 1.86 bits per heavy atom. The molecular weight excluding hydrogens is 286 g/mol. The van der Waals surface area contributed by atoms with Crippen molar-refractivity contribution in [1.82, 2.24) is 14.8 Å². The molecule has 0 bridgehead atoms. The summed E-state index contributed by atoms with van der Waals surface area (Å²) in [5, 5.41) is 15.1. The molecule has 0 aliphatic rings. The van der Waals surface area contributed by atoms with Gasteiger partial charge in [0.05, 0.1) is 12.1 Å². The monoisotopic (exact) mass is 307 g/mol. The molecule has 0 radical (unpaired) electrons. The third-order valence-corrected chi connectivity index (χ3v) is 4.51. The van der Waals surface area contributed by atoms with E-state index in [0.717, 1.165) is 17.9 Å². The van der Waals surface area contributed by atoms with Crippen LogP contribution in [0.1, 0.15) is 32.8 Å². The van der Waals surface area contributed by atoms with Crippen molar-refractivity contribution in [3.05, 3.63) is 47.5 Å². The van der Waals surface area contributed by atoms with Gasteiger partial charge in [0.1, 0.15) is 12.7 Å². The lowest BCUT2D eigenvalue weighted by Crippen LogP contribution is -2.49. The number of halogens is 1. The molecule has 2 rings (SSSR count). The van der Waals surface area contributed by atoms with E-state index in [4.69, 9.17) is 11.6 Å². The Bertz CT molecular complexity index is 560. The molecule has 0 spiro atoms. The first-order valence-corrected chi connectivity index (χ1v) is 7.47. The number of hydrogen-bond acceptors (Lipinski definition) is 3. The number of nitrogens with zero attached hydrogens (tertiary/aromatic N) is 3. The van der Waals surface area contributed by atoms with E-state index >= 15 is 0 Å². The first kappa shape index (κ1) is 16.0. The molecule has 1 heterocycles. The minimum Gasteiger partial charge on any atom is -0.394 e. The normalized spacial score (nSPS) is 14.9. The lowest BCUT2D eigenvalue weighted by molar-refractivity contribution is 0.00788. The fraction of sp³-hybridized carbons (Fsp3) is 0.500. The summed E-state index contributed by atoms with van der Waals surface area (Å²) in [5.74, 6) is 0. The zero-order chi connectivity index (χ0) is 15.5. The topological polar surface area (TPSA) is 50.9 Å². The number of rotatable bonds is 5. The van der Waals surface area contributed by atoms with Crippen LogP contribution in [0.25, 0.3) is 0 Å². The first-order chi connectivity index (χ1) is 9.89. The van der Waals surface area contributed by atoms with Gasteiger partial charge in [-0.25, -0.2) is 9.67 Å². The Morgan fingerprint density at radius 1 is 1.19 bits per heavy atom. The molecule has 1 unspecified atom stereocenters. The quantitative estimate of drug-likeness (QED) is 0.922. The highest BCUT2D eigenvalue weighted by atomic mass is 35.5. The molecule has 4 nitrogen and oxygen atoms in total. The fourth-order valence-corrected chi connectivity index (χ4v) is 2.78. The van der Waals surface area contributed by atoms with Crippen LogP contribution in [0.2, 0.25) is 5.02 Å². The molecule has 0 aliphatic carbocycles. The van der Waals surface area contributed by atoms with Crippen LogP contribution < -0.4 is 0 Å². The lowest BCUT2D eigenvalue weighted by Gasteiger charge is -2.43. The second-order valence-corrected chi connectivity index (χ2v) is 6.84. The predicted octanol–water partition coefficient (Wildman–Crippen LogP) is 3.30. The Labute approximate surface area is 130 Å². The lowest BCUT2D eigenvalue weighted by atomic mass is 9.71. The van der Waals surface area contributed by atoms with Crippen LogP contribution in [0, 0.1) is 5.41 Å². The van der Waals surface area contributed by atoms with Crippen LogP contribution in [0.3, 0.4) is 0 Å². The van der Waals surface area contributed by atoms with Gasteiger partial charge in [-0.2, -0.15) is 5.10 Å². The van der Waals surface area contributed by atoms with Crippen LogP contribution in [-0.2, 0) is 12.0 Å². The van der Waals surface area contributed by atoms with Gasteiger partial charge in [0.15, 0.2) is 0 Å². The maximum absolute atomic E-state index is 10.1. The van der Waals surface area contributed by atoms with Gasteiger partial charge in [0.2, 0.25) is 0 Å². The molecule has 1 aromatic heterocycles. The molecule has 2 aromatic rings. The molecule has 114 valence electrons. The Morgan fingerprint density at radius 3 is 2.33 bits per heavy atom. The summed E-state index contributed by atoms with van der Waals surface area (Å²) < 4.78 is 1.79. The van der Waals surface area contributed by atoms with Gasteiger partial charge in [-0.3, -0.25) is 0 Å². The molecule has 0 aliphatic heterocycles. The average Bonchev–Trinajstić information content (AvgIpc) is 2.95. The number of aryl methyl sites for hydroxylation is 1. The Hall–Kier alpha value is -1.39. The Kier molecular flexibility index (Phi) is 4.69. The third-order valence-electron chi connectivity index (χ3n) is 4.26. The molecule has 0 saturated carbocycles. The smallest absolute Gasteiger partial charge is 0.137 e. The van der Waals surface area contributed by atoms with E-state index in [1.54, 1.807) is 11.0 Å². The van der Waals surface area contributed by atoms with E-state index in [-0.39, 0.29) is 12.0 Å². The molecule has 1 N–H and O–H groups in total. The SMILES string of the molecule is CC(C)(C)C(CO)(CCc1ccc(Cl)cc1)n1cncn1.